The highest BCUT2D eigenvalue weighted by Gasteiger charge is 1.94. The molecule has 2 N–H and O–H groups in total. The molecule has 7 heteroatoms. The zero-order valence-corrected chi connectivity index (χ0v) is 13.8. The van der Waals surface area contributed by atoms with Crippen molar-refractivity contribution in [1.29, 1.82) is 0 Å². The summed E-state index contributed by atoms with van der Waals surface area (Å²) >= 11 is 0. The SMILES string of the molecule is CCCCCCCCCOOc1ccccc1.O=S(=O)(O)O. The molecule has 0 radical (unpaired) electrons. The molecule has 1 aromatic rings. The van der Waals surface area contributed by atoms with Gasteiger partial charge in [-0.25, -0.2) is 0 Å². The molecule has 1 aromatic carbocycles. The predicted molar refractivity (Wildman–Crippen MR) is 85.2 cm³/mol. The molecular weight excluding hydrogens is 308 g/mol. The van der Waals surface area contributed by atoms with Crippen molar-refractivity contribution in [3.8, 4) is 5.75 Å². The minimum Gasteiger partial charge on any atom is -0.338 e. The quantitative estimate of drug-likeness (QED) is 0.290. The van der Waals surface area contributed by atoms with Gasteiger partial charge in [-0.3, -0.25) is 9.11 Å². The lowest BCUT2D eigenvalue weighted by Gasteiger charge is -2.04. The smallest absolute Gasteiger partial charge is 0.338 e. The lowest BCUT2D eigenvalue weighted by Crippen LogP contribution is -1.99. The van der Waals surface area contributed by atoms with Gasteiger partial charge in [0.25, 0.3) is 0 Å². The number of unbranched alkanes of at least 4 members (excludes halogenated alkanes) is 6. The van der Waals surface area contributed by atoms with Crippen molar-refractivity contribution in [2.45, 2.75) is 51.9 Å². The zero-order chi connectivity index (χ0) is 16.7. The van der Waals surface area contributed by atoms with Gasteiger partial charge in [0.1, 0.15) is 0 Å². The molecule has 22 heavy (non-hydrogen) atoms. The number of para-hydroxylation sites is 1. The molecule has 0 fully saturated rings. The Morgan fingerprint density at radius 2 is 1.41 bits per heavy atom. The van der Waals surface area contributed by atoms with Crippen molar-refractivity contribution in [2.24, 2.45) is 0 Å². The van der Waals surface area contributed by atoms with Gasteiger partial charge in [0, 0.05) is 0 Å². The molecule has 0 heterocycles. The second kappa shape index (κ2) is 13.5. The van der Waals surface area contributed by atoms with Crippen molar-refractivity contribution in [3.05, 3.63) is 30.3 Å². The summed E-state index contributed by atoms with van der Waals surface area (Å²) < 4.78 is 31.6. The van der Waals surface area contributed by atoms with E-state index in [0.29, 0.717) is 6.61 Å². The number of hydrogen-bond acceptors (Lipinski definition) is 4. The molecule has 0 aromatic heterocycles. The van der Waals surface area contributed by atoms with Crippen LogP contribution in [0.15, 0.2) is 30.3 Å². The van der Waals surface area contributed by atoms with Crippen molar-refractivity contribution in [3.63, 3.8) is 0 Å². The zero-order valence-electron chi connectivity index (χ0n) is 13.0. The third-order valence-corrected chi connectivity index (χ3v) is 2.73. The van der Waals surface area contributed by atoms with E-state index in [0.717, 1.165) is 12.2 Å². The molecule has 0 aliphatic heterocycles. The maximum Gasteiger partial charge on any atom is 0.394 e. The maximum atomic E-state index is 8.74. The van der Waals surface area contributed by atoms with E-state index < -0.39 is 10.4 Å². The van der Waals surface area contributed by atoms with Crippen LogP contribution in [0.1, 0.15) is 51.9 Å². The van der Waals surface area contributed by atoms with E-state index in [9.17, 15) is 0 Å². The van der Waals surface area contributed by atoms with Gasteiger partial charge in [-0.1, -0.05) is 63.6 Å². The van der Waals surface area contributed by atoms with Crippen LogP contribution in [0.2, 0.25) is 0 Å². The maximum absolute atomic E-state index is 8.74. The monoisotopic (exact) mass is 334 g/mol. The van der Waals surface area contributed by atoms with Crippen LogP contribution in [0.5, 0.6) is 5.75 Å². The Morgan fingerprint density at radius 3 is 1.95 bits per heavy atom. The first-order chi connectivity index (χ1) is 10.4. The summed E-state index contributed by atoms with van der Waals surface area (Å²) in [5.74, 6) is 0.774. The molecule has 0 atom stereocenters. The van der Waals surface area contributed by atoms with E-state index in [1.165, 1.54) is 38.5 Å². The summed E-state index contributed by atoms with van der Waals surface area (Å²) in [6.45, 7) is 2.93. The fourth-order valence-corrected chi connectivity index (χ4v) is 1.70. The first-order valence-corrected chi connectivity index (χ1v) is 8.87. The Hall–Kier alpha value is -1.15. The van der Waals surface area contributed by atoms with Crippen LogP contribution in [0.4, 0.5) is 0 Å². The van der Waals surface area contributed by atoms with Crippen LogP contribution in [-0.2, 0) is 15.3 Å². The topological polar surface area (TPSA) is 93.1 Å². The molecule has 0 bridgehead atoms. The first-order valence-electron chi connectivity index (χ1n) is 7.48. The van der Waals surface area contributed by atoms with Gasteiger partial charge < -0.3 is 4.89 Å². The van der Waals surface area contributed by atoms with E-state index in [1.54, 1.807) is 0 Å². The van der Waals surface area contributed by atoms with Gasteiger partial charge in [-0.05, 0) is 18.6 Å². The van der Waals surface area contributed by atoms with Gasteiger partial charge in [-0.2, -0.15) is 13.3 Å². The molecule has 128 valence electrons. The van der Waals surface area contributed by atoms with Gasteiger partial charge >= 0.3 is 10.4 Å². The molecule has 0 aliphatic rings. The molecule has 0 unspecified atom stereocenters. The second-order valence-corrected chi connectivity index (χ2v) is 5.68. The molecule has 0 saturated carbocycles. The van der Waals surface area contributed by atoms with E-state index >= 15 is 0 Å². The normalized spacial score (nSPS) is 10.7. The lowest BCUT2D eigenvalue weighted by atomic mass is 10.1. The largest absolute Gasteiger partial charge is 0.394 e. The summed E-state index contributed by atoms with van der Waals surface area (Å²) in [6.07, 6.45) is 9.04. The molecule has 0 saturated heterocycles. The van der Waals surface area contributed by atoms with E-state index in [-0.39, 0.29) is 0 Å². The third kappa shape index (κ3) is 18.9. The average Bonchev–Trinajstić information content (AvgIpc) is 2.45. The van der Waals surface area contributed by atoms with Gasteiger partial charge in [0.2, 0.25) is 0 Å². The first kappa shape index (κ1) is 20.9. The van der Waals surface area contributed by atoms with Gasteiger partial charge in [-0.15, -0.1) is 0 Å². The fourth-order valence-electron chi connectivity index (χ4n) is 1.70. The molecule has 6 nitrogen and oxygen atoms in total. The third-order valence-electron chi connectivity index (χ3n) is 2.73. The van der Waals surface area contributed by atoms with Crippen LogP contribution in [0.3, 0.4) is 0 Å². The fraction of sp³-hybridized carbons (Fsp3) is 0.600. The average molecular weight is 334 g/mol. The second-order valence-electron chi connectivity index (χ2n) is 4.79. The summed E-state index contributed by atoms with van der Waals surface area (Å²) in [6, 6.07) is 9.62. The minimum absolute atomic E-state index is 0.683. The van der Waals surface area contributed by atoms with Crippen LogP contribution in [-0.4, -0.2) is 24.1 Å². The standard InChI is InChI=1S/C15H24O2.H2O4S/c1-2-3-4-5-6-7-11-14-16-17-15-12-9-8-10-13-15;1-5(2,3)4/h8-10,12-13H,2-7,11,14H2,1H3;(H2,1,2,3,4). The highest BCUT2D eigenvalue weighted by Crippen LogP contribution is 2.10. The number of hydrogen-bond donors (Lipinski definition) is 2. The Labute approximate surface area is 133 Å². The van der Waals surface area contributed by atoms with Gasteiger partial charge in [0.05, 0.1) is 6.61 Å². The van der Waals surface area contributed by atoms with E-state index in [4.69, 9.17) is 27.3 Å². The van der Waals surface area contributed by atoms with E-state index in [2.05, 4.69) is 6.92 Å². The van der Waals surface area contributed by atoms with Crippen molar-refractivity contribution in [2.75, 3.05) is 6.61 Å². The summed E-state index contributed by atoms with van der Waals surface area (Å²) in [5, 5.41) is 0. The Bertz CT molecular complexity index is 438. The van der Waals surface area contributed by atoms with Crippen LogP contribution < -0.4 is 4.89 Å². The van der Waals surface area contributed by atoms with Crippen LogP contribution in [0.25, 0.3) is 0 Å². The van der Waals surface area contributed by atoms with Crippen molar-refractivity contribution < 1.29 is 27.3 Å². The predicted octanol–water partition coefficient (Wildman–Crippen LogP) is 4.09. The molecule has 0 aliphatic carbocycles. The lowest BCUT2D eigenvalue weighted by molar-refractivity contribution is -0.207. The Kier molecular flexibility index (Phi) is 12.8. The highest BCUT2D eigenvalue weighted by atomic mass is 32.3. The molecule has 1 rings (SSSR count). The molecular formula is C15H26O6S. The van der Waals surface area contributed by atoms with E-state index in [1.807, 2.05) is 30.3 Å². The highest BCUT2D eigenvalue weighted by molar-refractivity contribution is 7.79. The summed E-state index contributed by atoms with van der Waals surface area (Å²) in [7, 11) is -4.67. The number of benzene rings is 1. The van der Waals surface area contributed by atoms with Crippen LogP contribution >= 0.6 is 0 Å². The minimum atomic E-state index is -4.67. The molecule has 0 spiro atoms. The summed E-state index contributed by atoms with van der Waals surface area (Å²) in [4.78, 5) is 10.3. The van der Waals surface area contributed by atoms with Gasteiger partial charge in [0.15, 0.2) is 5.75 Å². The molecule has 0 amide bonds. The van der Waals surface area contributed by atoms with Crippen molar-refractivity contribution in [1.82, 2.24) is 0 Å². The van der Waals surface area contributed by atoms with Crippen LogP contribution in [0, 0.1) is 0 Å². The Morgan fingerprint density at radius 1 is 0.909 bits per heavy atom. The Balaban J connectivity index is 0.000000763. The summed E-state index contributed by atoms with van der Waals surface area (Å²) in [5.41, 5.74) is 0. The number of rotatable bonds is 10. The van der Waals surface area contributed by atoms with Crippen molar-refractivity contribution >= 4 is 10.4 Å².